The average Bonchev–Trinajstić information content (AvgIpc) is 2.32. The second kappa shape index (κ2) is 5.29. The van der Waals surface area contributed by atoms with Crippen molar-refractivity contribution in [2.24, 2.45) is 0 Å². The molecule has 1 nitrogen and oxygen atoms in total. The van der Waals surface area contributed by atoms with Gasteiger partial charge in [0.25, 0.3) is 0 Å². The number of quaternary nitrogens is 1. The summed E-state index contributed by atoms with van der Waals surface area (Å²) in [5, 5.41) is 0. The smallest absolute Gasteiger partial charge is 0.104 e. The van der Waals surface area contributed by atoms with Crippen LogP contribution < -0.4 is 0 Å². The van der Waals surface area contributed by atoms with Gasteiger partial charge in [-0.1, -0.05) is 30.3 Å². The van der Waals surface area contributed by atoms with Gasteiger partial charge >= 0.3 is 0 Å². The molecule has 1 aromatic carbocycles. The van der Waals surface area contributed by atoms with Crippen molar-refractivity contribution in [1.29, 1.82) is 0 Å². The predicted octanol–water partition coefficient (Wildman–Crippen LogP) is 2.77. The SMILES string of the molecule is [Y].c1ccc(C[N+]23CC[C-](CC2)CC3)cc1. The molecule has 0 aliphatic carbocycles. The van der Waals surface area contributed by atoms with Crippen LogP contribution in [-0.2, 0) is 39.3 Å². The van der Waals surface area contributed by atoms with Crippen molar-refractivity contribution in [2.75, 3.05) is 19.6 Å². The molecule has 2 heteroatoms. The molecule has 0 aromatic heterocycles. The first kappa shape index (κ1) is 12.7. The van der Waals surface area contributed by atoms with Gasteiger partial charge in [-0.25, -0.2) is 0 Å². The first-order valence-electron chi connectivity index (χ1n) is 6.09. The van der Waals surface area contributed by atoms with Crippen LogP contribution in [0.4, 0.5) is 0 Å². The average molecular weight is 290 g/mol. The van der Waals surface area contributed by atoms with E-state index >= 15 is 0 Å². The Bertz CT molecular complexity index is 314. The quantitative estimate of drug-likeness (QED) is 0.580. The van der Waals surface area contributed by atoms with Crippen LogP contribution in [0.15, 0.2) is 30.3 Å². The van der Waals surface area contributed by atoms with Crippen LogP contribution in [0.2, 0.25) is 0 Å². The third-order valence-electron chi connectivity index (χ3n) is 4.18. The number of fused-ring (bicyclic) bond motifs is 3. The second-order valence-electron chi connectivity index (χ2n) is 5.16. The molecule has 0 atom stereocenters. The number of nitrogens with zero attached hydrogens (tertiary/aromatic N) is 1. The fourth-order valence-electron chi connectivity index (χ4n) is 3.10. The van der Waals surface area contributed by atoms with Gasteiger partial charge in [0.05, 0.1) is 19.6 Å². The molecule has 3 aliphatic heterocycles. The summed E-state index contributed by atoms with van der Waals surface area (Å²) in [6.45, 7) is 5.44. The standard InChI is InChI=1S/C14H19N.Y/c1-2-4-14(5-3-1)12-15-9-6-13(7-10-15)8-11-15;/h1-5H,6-12H2;. The minimum Gasteiger partial charge on any atom is -0.326 e. The van der Waals surface area contributed by atoms with Crippen LogP contribution in [0.5, 0.6) is 0 Å². The minimum atomic E-state index is 0. The van der Waals surface area contributed by atoms with Crippen LogP contribution in [0.1, 0.15) is 24.8 Å². The monoisotopic (exact) mass is 290 g/mol. The molecule has 0 unspecified atom stereocenters. The van der Waals surface area contributed by atoms with Gasteiger partial charge in [-0.3, -0.25) is 5.92 Å². The van der Waals surface area contributed by atoms with E-state index in [0.717, 1.165) is 0 Å². The van der Waals surface area contributed by atoms with E-state index in [4.69, 9.17) is 0 Å². The molecule has 3 aliphatic rings. The van der Waals surface area contributed by atoms with Gasteiger partial charge in [0.1, 0.15) is 6.54 Å². The summed E-state index contributed by atoms with van der Waals surface area (Å²) in [4.78, 5) is 0. The number of piperidine rings is 3. The van der Waals surface area contributed by atoms with E-state index in [-0.39, 0.29) is 32.7 Å². The van der Waals surface area contributed by atoms with Gasteiger partial charge in [0, 0.05) is 38.3 Å². The Morgan fingerprint density at radius 3 is 2.06 bits per heavy atom. The summed E-state index contributed by atoms with van der Waals surface area (Å²) in [5.41, 5.74) is 1.52. The fourth-order valence-corrected chi connectivity index (χ4v) is 3.10. The summed E-state index contributed by atoms with van der Waals surface area (Å²) in [6, 6.07) is 11.0. The summed E-state index contributed by atoms with van der Waals surface area (Å²) in [5.74, 6) is 1.84. The largest absolute Gasteiger partial charge is 0.326 e. The van der Waals surface area contributed by atoms with Crippen molar-refractivity contribution >= 4 is 0 Å². The topological polar surface area (TPSA) is 0 Å². The van der Waals surface area contributed by atoms with Gasteiger partial charge < -0.3 is 4.48 Å². The Labute approximate surface area is 124 Å². The van der Waals surface area contributed by atoms with E-state index in [1.807, 2.05) is 5.92 Å². The molecule has 0 spiro atoms. The van der Waals surface area contributed by atoms with E-state index in [1.165, 1.54) is 55.5 Å². The predicted molar refractivity (Wildman–Crippen MR) is 62.1 cm³/mol. The Kier molecular flexibility index (Phi) is 4.21. The van der Waals surface area contributed by atoms with Crippen LogP contribution in [0, 0.1) is 5.92 Å². The van der Waals surface area contributed by atoms with Crippen LogP contribution in [0.25, 0.3) is 0 Å². The molecular formula is C14H19NY. The van der Waals surface area contributed by atoms with Gasteiger partial charge in [-0.15, -0.1) is 19.3 Å². The number of hydrogen-bond donors (Lipinski definition) is 0. The maximum atomic E-state index is 2.28. The third-order valence-corrected chi connectivity index (χ3v) is 4.18. The molecule has 0 N–H and O–H groups in total. The molecule has 3 heterocycles. The minimum absolute atomic E-state index is 0. The third kappa shape index (κ3) is 2.58. The van der Waals surface area contributed by atoms with Crippen molar-refractivity contribution in [3.8, 4) is 0 Å². The van der Waals surface area contributed by atoms with E-state index in [0.29, 0.717) is 0 Å². The van der Waals surface area contributed by atoms with E-state index < -0.39 is 0 Å². The van der Waals surface area contributed by atoms with Gasteiger partial charge in [0.2, 0.25) is 0 Å². The van der Waals surface area contributed by atoms with E-state index in [1.54, 1.807) is 0 Å². The normalized spacial score (nSPS) is 22.8. The molecule has 3 saturated heterocycles. The van der Waals surface area contributed by atoms with Crippen LogP contribution in [-0.4, -0.2) is 24.1 Å². The molecule has 2 bridgehead atoms. The Morgan fingerprint density at radius 1 is 0.938 bits per heavy atom. The molecular weight excluding hydrogens is 271 g/mol. The fraction of sp³-hybridized carbons (Fsp3) is 0.500. The molecule has 0 saturated carbocycles. The molecule has 4 rings (SSSR count). The summed E-state index contributed by atoms with van der Waals surface area (Å²) in [7, 11) is 0. The van der Waals surface area contributed by atoms with E-state index in [9.17, 15) is 0 Å². The van der Waals surface area contributed by atoms with E-state index in [2.05, 4.69) is 30.3 Å². The van der Waals surface area contributed by atoms with Crippen LogP contribution in [0.3, 0.4) is 0 Å². The van der Waals surface area contributed by atoms with Gasteiger partial charge in [0.15, 0.2) is 0 Å². The molecule has 16 heavy (non-hydrogen) atoms. The van der Waals surface area contributed by atoms with Crippen molar-refractivity contribution in [3.05, 3.63) is 41.8 Å². The van der Waals surface area contributed by atoms with Crippen molar-refractivity contribution in [2.45, 2.75) is 25.8 Å². The summed E-state index contributed by atoms with van der Waals surface area (Å²) < 4.78 is 1.35. The maximum Gasteiger partial charge on any atom is 0.104 e. The van der Waals surface area contributed by atoms with Gasteiger partial charge in [-0.05, 0) is 0 Å². The Morgan fingerprint density at radius 2 is 1.50 bits per heavy atom. The van der Waals surface area contributed by atoms with Crippen molar-refractivity contribution in [1.82, 2.24) is 0 Å². The molecule has 1 radical (unpaired) electrons. The summed E-state index contributed by atoms with van der Waals surface area (Å²) >= 11 is 0. The maximum absolute atomic E-state index is 2.28. The number of hydrogen-bond acceptors (Lipinski definition) is 0. The number of benzene rings is 1. The van der Waals surface area contributed by atoms with Gasteiger partial charge in [-0.2, -0.15) is 0 Å². The molecule has 3 fully saturated rings. The molecule has 83 valence electrons. The Balaban J connectivity index is 0.000000963. The summed E-state index contributed by atoms with van der Waals surface area (Å²) in [6.07, 6.45) is 4.19. The van der Waals surface area contributed by atoms with Crippen molar-refractivity contribution < 1.29 is 37.2 Å². The molecule has 1 aromatic rings. The first-order valence-corrected chi connectivity index (χ1v) is 6.09. The second-order valence-corrected chi connectivity index (χ2v) is 5.16. The molecule has 0 amide bonds. The zero-order valence-electron chi connectivity index (χ0n) is 9.86. The van der Waals surface area contributed by atoms with Crippen molar-refractivity contribution in [3.63, 3.8) is 0 Å². The number of rotatable bonds is 2. The zero-order valence-corrected chi connectivity index (χ0v) is 12.7. The zero-order chi connectivity index (χ0) is 10.1. The van der Waals surface area contributed by atoms with Crippen LogP contribution >= 0.6 is 0 Å². The first-order chi connectivity index (χ1) is 7.36. The Hall–Kier alpha value is 0.284.